The molecule has 0 bridgehead atoms. The van der Waals surface area contributed by atoms with E-state index in [1.807, 2.05) is 0 Å². The molecule has 0 unspecified atom stereocenters. The second-order valence-corrected chi connectivity index (χ2v) is 14.0. The summed E-state index contributed by atoms with van der Waals surface area (Å²) >= 11 is 0. The van der Waals surface area contributed by atoms with Crippen molar-refractivity contribution in [1.29, 1.82) is 0 Å². The van der Waals surface area contributed by atoms with E-state index < -0.39 is 57.4 Å². The van der Waals surface area contributed by atoms with Gasteiger partial charge in [-0.25, -0.2) is 4.57 Å². The molecule has 0 aliphatic carbocycles. The number of rotatable bonds is 33. The standard InChI is InChI=1S/C39H67O11P/c1-3-5-7-8-9-10-11-12-13-14-15-20-24-30-39(44)50-35(33-49-51(45,46)47)32-48-38(43)31-25-29-37(42)36(41)28-23-19-17-16-18-22-27-34(40)26-21-6-4-2/h10-11,16-19,22-23,27-28,34-37,40-42H,3-9,12-15,20-21,24-26,29-33H2,1-2H3,(H2,45,46,47)/b11-10-,18-16-,19-17+,27-22+,28-23+/t34-,35-,36-,37-/m1/s1. The number of phosphoric acid groups is 1. The Hall–Kier alpha value is -2.37. The molecule has 0 amide bonds. The lowest BCUT2D eigenvalue weighted by Gasteiger charge is -2.18. The van der Waals surface area contributed by atoms with Gasteiger partial charge in [-0.1, -0.05) is 132 Å². The molecular weight excluding hydrogens is 675 g/mol. The normalized spacial score (nSPS) is 15.0. The van der Waals surface area contributed by atoms with E-state index in [4.69, 9.17) is 19.3 Å². The van der Waals surface area contributed by atoms with Gasteiger partial charge in [0.1, 0.15) is 6.61 Å². The van der Waals surface area contributed by atoms with Crippen molar-refractivity contribution in [2.45, 2.75) is 160 Å². The van der Waals surface area contributed by atoms with Crippen molar-refractivity contribution in [2.75, 3.05) is 13.2 Å². The third-order valence-corrected chi connectivity index (χ3v) is 8.36. The van der Waals surface area contributed by atoms with Gasteiger partial charge in [-0.3, -0.25) is 14.1 Å². The minimum Gasteiger partial charge on any atom is -0.462 e. The minimum atomic E-state index is -4.84. The average molecular weight is 743 g/mol. The maximum atomic E-state index is 12.4. The molecule has 51 heavy (non-hydrogen) atoms. The summed E-state index contributed by atoms with van der Waals surface area (Å²) in [6.07, 6.45) is 30.3. The lowest BCUT2D eigenvalue weighted by atomic mass is 10.1. The molecule has 0 radical (unpaired) electrons. The minimum absolute atomic E-state index is 0.0895. The first-order valence-electron chi connectivity index (χ1n) is 18.9. The number of carbonyl (C=O) groups is 2. The Bertz CT molecular complexity index is 1060. The first-order chi connectivity index (χ1) is 24.5. The van der Waals surface area contributed by atoms with Crippen molar-refractivity contribution >= 4 is 19.8 Å². The first kappa shape index (κ1) is 48.6. The number of aliphatic hydroxyl groups excluding tert-OH is 3. The predicted molar refractivity (Wildman–Crippen MR) is 202 cm³/mol. The van der Waals surface area contributed by atoms with E-state index >= 15 is 0 Å². The number of hydrogen-bond acceptors (Lipinski definition) is 9. The lowest BCUT2D eigenvalue weighted by molar-refractivity contribution is -0.161. The molecule has 12 heteroatoms. The first-order valence-corrected chi connectivity index (χ1v) is 20.4. The molecule has 0 saturated carbocycles. The van der Waals surface area contributed by atoms with Gasteiger partial charge < -0.3 is 34.6 Å². The monoisotopic (exact) mass is 742 g/mol. The third kappa shape index (κ3) is 34.5. The molecule has 0 fully saturated rings. The summed E-state index contributed by atoms with van der Waals surface area (Å²) < 4.78 is 26.1. The van der Waals surface area contributed by atoms with Gasteiger partial charge in [-0.15, -0.1) is 0 Å². The number of allylic oxidation sites excluding steroid dienone is 8. The summed E-state index contributed by atoms with van der Waals surface area (Å²) in [6, 6.07) is 0. The smallest absolute Gasteiger partial charge is 0.462 e. The van der Waals surface area contributed by atoms with Gasteiger partial charge in [0.15, 0.2) is 6.10 Å². The molecule has 4 atom stereocenters. The Labute approximate surface area is 306 Å². The van der Waals surface area contributed by atoms with Crippen molar-refractivity contribution in [3.05, 3.63) is 60.8 Å². The summed E-state index contributed by atoms with van der Waals surface area (Å²) in [4.78, 5) is 42.7. The number of carbonyl (C=O) groups excluding carboxylic acids is 2. The zero-order chi connectivity index (χ0) is 38.0. The number of hydrogen-bond donors (Lipinski definition) is 5. The third-order valence-electron chi connectivity index (χ3n) is 7.88. The van der Waals surface area contributed by atoms with E-state index in [1.54, 1.807) is 42.5 Å². The zero-order valence-corrected chi connectivity index (χ0v) is 32.0. The predicted octanol–water partition coefficient (Wildman–Crippen LogP) is 7.87. The molecule has 0 spiro atoms. The van der Waals surface area contributed by atoms with Gasteiger partial charge in [0.05, 0.1) is 24.9 Å². The Morgan fingerprint density at radius 2 is 1.18 bits per heavy atom. The van der Waals surface area contributed by atoms with Gasteiger partial charge in [-0.2, -0.15) is 0 Å². The van der Waals surface area contributed by atoms with E-state index in [2.05, 4.69) is 30.5 Å². The van der Waals surface area contributed by atoms with Crippen molar-refractivity contribution in [2.24, 2.45) is 0 Å². The molecule has 0 aromatic heterocycles. The molecule has 0 heterocycles. The SMILES string of the molecule is CCCCCC/C=C\CCCCCCCC(=O)O[C@H](COC(=O)CCC[C@@H](O)[C@H](O)/C=C/C=C/C=C\C=C\[C@H](O)CCCCC)COP(=O)(O)O. The second-order valence-electron chi connectivity index (χ2n) is 12.8. The number of phosphoric ester groups is 1. The average Bonchev–Trinajstić information content (AvgIpc) is 3.08. The molecule has 0 aromatic carbocycles. The fraction of sp³-hybridized carbons (Fsp3) is 0.692. The fourth-order valence-corrected chi connectivity index (χ4v) is 5.23. The van der Waals surface area contributed by atoms with Crippen LogP contribution in [0.25, 0.3) is 0 Å². The Kier molecular flexibility index (Phi) is 31.9. The molecule has 0 aliphatic heterocycles. The van der Waals surface area contributed by atoms with Crippen LogP contribution >= 0.6 is 7.82 Å². The van der Waals surface area contributed by atoms with Gasteiger partial charge in [-0.05, 0) is 51.4 Å². The summed E-state index contributed by atoms with van der Waals surface area (Å²) in [6.45, 7) is 3.24. The molecule has 0 saturated heterocycles. The second kappa shape index (κ2) is 33.5. The Balaban J connectivity index is 4.36. The number of unbranched alkanes of at least 4 members (excludes halogenated alkanes) is 11. The molecule has 11 nitrogen and oxygen atoms in total. The van der Waals surface area contributed by atoms with Gasteiger partial charge in [0.2, 0.25) is 0 Å². The largest absolute Gasteiger partial charge is 0.469 e. The molecule has 5 N–H and O–H groups in total. The molecule has 0 rings (SSSR count). The van der Waals surface area contributed by atoms with Crippen LogP contribution in [0.4, 0.5) is 0 Å². The van der Waals surface area contributed by atoms with E-state index in [-0.39, 0.29) is 25.7 Å². The van der Waals surface area contributed by atoms with Crippen LogP contribution in [0.5, 0.6) is 0 Å². The van der Waals surface area contributed by atoms with Crippen LogP contribution in [0, 0.1) is 0 Å². The number of aliphatic hydroxyl groups is 3. The summed E-state index contributed by atoms with van der Waals surface area (Å²) in [5.74, 6) is -1.23. The van der Waals surface area contributed by atoms with Crippen LogP contribution in [0.2, 0.25) is 0 Å². The number of ether oxygens (including phenoxy) is 2. The van der Waals surface area contributed by atoms with E-state index in [1.165, 1.54) is 31.8 Å². The maximum Gasteiger partial charge on any atom is 0.469 e. The highest BCUT2D eigenvalue weighted by atomic mass is 31.2. The van der Waals surface area contributed by atoms with Crippen molar-refractivity contribution < 1.29 is 53.3 Å². The fourth-order valence-electron chi connectivity index (χ4n) is 4.87. The van der Waals surface area contributed by atoms with Gasteiger partial charge >= 0.3 is 19.8 Å². The molecular formula is C39H67O11P. The highest BCUT2D eigenvalue weighted by molar-refractivity contribution is 7.46. The molecule has 0 aromatic rings. The highest BCUT2D eigenvalue weighted by Gasteiger charge is 2.23. The van der Waals surface area contributed by atoms with Crippen LogP contribution < -0.4 is 0 Å². The van der Waals surface area contributed by atoms with Crippen LogP contribution in [-0.4, -0.2) is 74.7 Å². The highest BCUT2D eigenvalue weighted by Crippen LogP contribution is 2.36. The number of esters is 2. The molecule has 294 valence electrons. The topological polar surface area (TPSA) is 180 Å². The van der Waals surface area contributed by atoms with Gasteiger partial charge in [0.25, 0.3) is 0 Å². The van der Waals surface area contributed by atoms with Crippen LogP contribution in [0.1, 0.15) is 136 Å². The maximum absolute atomic E-state index is 12.4. The van der Waals surface area contributed by atoms with Crippen molar-refractivity contribution in [1.82, 2.24) is 0 Å². The Morgan fingerprint density at radius 3 is 1.82 bits per heavy atom. The summed E-state index contributed by atoms with van der Waals surface area (Å²) in [5, 5.41) is 30.2. The van der Waals surface area contributed by atoms with Crippen molar-refractivity contribution in [3.63, 3.8) is 0 Å². The zero-order valence-electron chi connectivity index (χ0n) is 31.1. The van der Waals surface area contributed by atoms with Crippen LogP contribution in [0.3, 0.4) is 0 Å². The Morgan fingerprint density at radius 1 is 0.627 bits per heavy atom. The van der Waals surface area contributed by atoms with Crippen molar-refractivity contribution in [3.8, 4) is 0 Å². The quantitative estimate of drug-likeness (QED) is 0.0145. The summed E-state index contributed by atoms with van der Waals surface area (Å²) in [5.41, 5.74) is 0. The molecule has 0 aliphatic rings. The van der Waals surface area contributed by atoms with E-state index in [0.717, 1.165) is 64.2 Å². The van der Waals surface area contributed by atoms with E-state index in [9.17, 15) is 29.5 Å². The van der Waals surface area contributed by atoms with E-state index in [0.29, 0.717) is 6.42 Å². The van der Waals surface area contributed by atoms with Gasteiger partial charge in [0, 0.05) is 12.8 Å². The summed E-state index contributed by atoms with van der Waals surface area (Å²) in [7, 11) is -4.84. The van der Waals surface area contributed by atoms with Crippen LogP contribution in [-0.2, 0) is 28.2 Å². The lowest BCUT2D eigenvalue weighted by Crippen LogP contribution is -2.29. The van der Waals surface area contributed by atoms with Crippen LogP contribution in [0.15, 0.2) is 60.8 Å².